The molecule has 21 heavy (non-hydrogen) atoms. The lowest BCUT2D eigenvalue weighted by Crippen LogP contribution is -2.22. The molecule has 2 N–H and O–H groups in total. The molecule has 0 atom stereocenters. The second kappa shape index (κ2) is 6.26. The smallest absolute Gasteiger partial charge is 0.220 e. The zero-order valence-corrected chi connectivity index (χ0v) is 11.6. The van der Waals surface area contributed by atoms with E-state index in [1.807, 2.05) is 18.3 Å². The molecular weight excluding hydrogens is 266 g/mol. The van der Waals surface area contributed by atoms with Crippen molar-refractivity contribution in [2.24, 2.45) is 0 Å². The van der Waals surface area contributed by atoms with Gasteiger partial charge in [-0.25, -0.2) is 0 Å². The Morgan fingerprint density at radius 3 is 3.05 bits per heavy atom. The van der Waals surface area contributed by atoms with Gasteiger partial charge < -0.3 is 14.8 Å². The van der Waals surface area contributed by atoms with Gasteiger partial charge in [0.25, 0.3) is 0 Å². The Balaban J connectivity index is 1.46. The van der Waals surface area contributed by atoms with Gasteiger partial charge in [-0.2, -0.15) is 0 Å². The highest BCUT2D eigenvalue weighted by Gasteiger charge is 2.06. The summed E-state index contributed by atoms with van der Waals surface area (Å²) in [6.07, 6.45) is 5.75. The minimum absolute atomic E-state index is 0.0397. The normalized spacial score (nSPS) is 10.9. The number of nitrogens with one attached hydrogen (secondary N) is 2. The number of hydrogen-bond donors (Lipinski definition) is 2. The van der Waals surface area contributed by atoms with E-state index < -0.39 is 0 Å². The lowest BCUT2D eigenvalue weighted by atomic mass is 10.1. The van der Waals surface area contributed by atoms with E-state index in [1.54, 1.807) is 6.07 Å². The predicted molar refractivity (Wildman–Crippen MR) is 79.6 cm³/mol. The highest BCUT2D eigenvalue weighted by Crippen LogP contribution is 2.19. The Morgan fingerprint density at radius 2 is 2.19 bits per heavy atom. The highest BCUT2D eigenvalue weighted by atomic mass is 16.5. The Labute approximate surface area is 122 Å². The predicted octanol–water partition coefficient (Wildman–Crippen LogP) is 2.80. The van der Waals surface area contributed by atoms with Crippen molar-refractivity contribution in [3.05, 3.63) is 54.0 Å². The van der Waals surface area contributed by atoms with Gasteiger partial charge in [0.15, 0.2) is 0 Å². The topological polar surface area (TPSA) is 70.9 Å². The molecule has 2 aromatic heterocycles. The summed E-state index contributed by atoms with van der Waals surface area (Å²) in [5, 5.41) is 7.82. The number of benzene rings is 1. The zero-order valence-electron chi connectivity index (χ0n) is 11.6. The fraction of sp³-hybridized carbons (Fsp3) is 0.250. The number of carbonyl (C=O) groups is 1. The third-order valence-electron chi connectivity index (χ3n) is 3.48. The number of carbonyl (C=O) groups excluding carboxylic acids is 1. The molecule has 3 aromatic rings. The number of aromatic amines is 1. The molecule has 2 heterocycles. The molecule has 0 saturated carbocycles. The maximum absolute atomic E-state index is 11.8. The molecule has 0 fully saturated rings. The zero-order chi connectivity index (χ0) is 14.5. The van der Waals surface area contributed by atoms with Gasteiger partial charge in [-0.15, -0.1) is 0 Å². The molecule has 0 unspecified atom stereocenters. The second-order valence-corrected chi connectivity index (χ2v) is 4.98. The van der Waals surface area contributed by atoms with Crippen LogP contribution in [0.15, 0.2) is 47.3 Å². The van der Waals surface area contributed by atoms with Gasteiger partial charge in [0.05, 0.1) is 6.54 Å². The van der Waals surface area contributed by atoms with Crippen molar-refractivity contribution in [2.75, 3.05) is 0 Å². The highest BCUT2D eigenvalue weighted by molar-refractivity contribution is 5.83. The number of rotatable bonds is 6. The van der Waals surface area contributed by atoms with Crippen molar-refractivity contribution >= 4 is 16.8 Å². The van der Waals surface area contributed by atoms with E-state index in [9.17, 15) is 4.79 Å². The van der Waals surface area contributed by atoms with Crippen molar-refractivity contribution in [3.63, 3.8) is 0 Å². The van der Waals surface area contributed by atoms with Gasteiger partial charge in [-0.1, -0.05) is 23.4 Å². The minimum atomic E-state index is 0.0397. The molecule has 3 rings (SSSR count). The van der Waals surface area contributed by atoms with E-state index in [-0.39, 0.29) is 5.91 Å². The number of hydrogen-bond acceptors (Lipinski definition) is 3. The van der Waals surface area contributed by atoms with Crippen LogP contribution >= 0.6 is 0 Å². The number of H-pyrrole nitrogens is 1. The average molecular weight is 283 g/mol. The van der Waals surface area contributed by atoms with Crippen LogP contribution in [0, 0.1) is 0 Å². The lowest BCUT2D eigenvalue weighted by Gasteiger charge is -2.03. The quantitative estimate of drug-likeness (QED) is 0.730. The summed E-state index contributed by atoms with van der Waals surface area (Å²) < 4.78 is 4.71. The van der Waals surface area contributed by atoms with Crippen molar-refractivity contribution in [3.8, 4) is 0 Å². The molecule has 5 heteroatoms. The van der Waals surface area contributed by atoms with Crippen LogP contribution in [0.5, 0.6) is 0 Å². The molecule has 1 amide bonds. The van der Waals surface area contributed by atoms with Crippen LogP contribution in [0.25, 0.3) is 10.9 Å². The van der Waals surface area contributed by atoms with E-state index >= 15 is 0 Å². The van der Waals surface area contributed by atoms with E-state index in [0.29, 0.717) is 13.0 Å². The Bertz CT molecular complexity index is 716. The Hall–Kier alpha value is -2.56. The largest absolute Gasteiger partial charge is 0.364 e. The molecule has 0 saturated heterocycles. The fourth-order valence-corrected chi connectivity index (χ4v) is 2.38. The van der Waals surface area contributed by atoms with E-state index in [1.165, 1.54) is 17.2 Å². The Morgan fingerprint density at radius 1 is 1.29 bits per heavy atom. The minimum Gasteiger partial charge on any atom is -0.364 e. The summed E-state index contributed by atoms with van der Waals surface area (Å²) >= 11 is 0. The van der Waals surface area contributed by atoms with Gasteiger partial charge in [-0.05, 0) is 24.5 Å². The Kier molecular flexibility index (Phi) is 4.00. The van der Waals surface area contributed by atoms with Gasteiger partial charge in [0.1, 0.15) is 12.0 Å². The summed E-state index contributed by atoms with van der Waals surface area (Å²) in [5.74, 6) is 0.0397. The summed E-state index contributed by atoms with van der Waals surface area (Å²) in [5.41, 5.74) is 3.14. The average Bonchev–Trinajstić information content (AvgIpc) is 3.15. The van der Waals surface area contributed by atoms with Crippen LogP contribution in [-0.2, 0) is 17.8 Å². The van der Waals surface area contributed by atoms with Crippen LogP contribution in [-0.4, -0.2) is 16.0 Å². The first kappa shape index (κ1) is 13.4. The van der Waals surface area contributed by atoms with Gasteiger partial charge in [-0.3, -0.25) is 4.79 Å². The van der Waals surface area contributed by atoms with Gasteiger partial charge >= 0.3 is 0 Å². The molecule has 0 spiro atoms. The monoisotopic (exact) mass is 283 g/mol. The SMILES string of the molecule is O=C(CCCc1c[nH]c2ccccc12)NCc1ccon1. The summed E-state index contributed by atoms with van der Waals surface area (Å²) in [6.45, 7) is 0.419. The van der Waals surface area contributed by atoms with E-state index in [2.05, 4.69) is 27.6 Å². The number of nitrogens with zero attached hydrogens (tertiary/aromatic N) is 1. The van der Waals surface area contributed by atoms with Crippen molar-refractivity contribution < 1.29 is 9.32 Å². The van der Waals surface area contributed by atoms with Crippen LogP contribution in [0.1, 0.15) is 24.1 Å². The molecule has 0 aliphatic rings. The maximum Gasteiger partial charge on any atom is 0.220 e. The summed E-state index contributed by atoms with van der Waals surface area (Å²) in [7, 11) is 0. The van der Waals surface area contributed by atoms with Gasteiger partial charge in [0, 0.05) is 29.6 Å². The molecular formula is C16H17N3O2. The molecule has 5 nitrogen and oxygen atoms in total. The van der Waals surface area contributed by atoms with E-state index in [0.717, 1.165) is 24.1 Å². The van der Waals surface area contributed by atoms with Crippen molar-refractivity contribution in [1.29, 1.82) is 0 Å². The second-order valence-electron chi connectivity index (χ2n) is 4.98. The number of aryl methyl sites for hydroxylation is 1. The molecule has 0 aliphatic heterocycles. The molecule has 0 aliphatic carbocycles. The number of aromatic nitrogens is 2. The third kappa shape index (κ3) is 3.31. The first-order valence-corrected chi connectivity index (χ1v) is 7.04. The molecule has 0 radical (unpaired) electrons. The van der Waals surface area contributed by atoms with Crippen molar-refractivity contribution in [1.82, 2.24) is 15.5 Å². The van der Waals surface area contributed by atoms with Gasteiger partial charge in [0.2, 0.25) is 5.91 Å². The standard InChI is InChI=1S/C16H17N3O2/c20-16(18-11-13-8-9-21-19-13)7-3-4-12-10-17-15-6-2-1-5-14(12)15/h1-2,5-6,8-10,17H,3-4,7,11H2,(H,18,20). The van der Waals surface area contributed by atoms with Crippen LogP contribution in [0.3, 0.4) is 0 Å². The van der Waals surface area contributed by atoms with Crippen LogP contribution < -0.4 is 5.32 Å². The number of fused-ring (bicyclic) bond motifs is 1. The third-order valence-corrected chi connectivity index (χ3v) is 3.48. The summed E-state index contributed by atoms with van der Waals surface area (Å²) in [6, 6.07) is 9.95. The maximum atomic E-state index is 11.8. The first-order valence-electron chi connectivity index (χ1n) is 7.04. The lowest BCUT2D eigenvalue weighted by molar-refractivity contribution is -0.121. The number of para-hydroxylation sites is 1. The van der Waals surface area contributed by atoms with Crippen LogP contribution in [0.4, 0.5) is 0 Å². The molecule has 0 bridgehead atoms. The molecule has 108 valence electrons. The number of amides is 1. The van der Waals surface area contributed by atoms with Crippen molar-refractivity contribution in [2.45, 2.75) is 25.8 Å². The van der Waals surface area contributed by atoms with Crippen LogP contribution in [0.2, 0.25) is 0 Å². The summed E-state index contributed by atoms with van der Waals surface area (Å²) in [4.78, 5) is 15.0. The molecule has 1 aromatic carbocycles. The van der Waals surface area contributed by atoms with E-state index in [4.69, 9.17) is 4.52 Å². The first-order chi connectivity index (χ1) is 10.3. The fourth-order valence-electron chi connectivity index (χ4n) is 2.38.